The van der Waals surface area contributed by atoms with Gasteiger partial charge in [0.05, 0.1) is 17.7 Å². The van der Waals surface area contributed by atoms with Crippen molar-refractivity contribution in [3.8, 4) is 17.2 Å². The van der Waals surface area contributed by atoms with Gasteiger partial charge in [0.25, 0.3) is 0 Å². The average molecular weight is 468 g/mol. The second-order valence-electron chi connectivity index (χ2n) is 7.52. The van der Waals surface area contributed by atoms with Crippen LogP contribution >= 0.6 is 0 Å². The third-order valence-corrected chi connectivity index (χ3v) is 5.15. The molecule has 0 spiro atoms. The van der Waals surface area contributed by atoms with Crippen LogP contribution in [-0.2, 0) is 9.59 Å². The number of aliphatic hydroxyl groups excluding tert-OH is 1. The van der Waals surface area contributed by atoms with Gasteiger partial charge in [-0.2, -0.15) is 0 Å². The van der Waals surface area contributed by atoms with E-state index in [4.69, 9.17) is 19.3 Å². The van der Waals surface area contributed by atoms with Gasteiger partial charge in [0.15, 0.2) is 0 Å². The van der Waals surface area contributed by atoms with Crippen molar-refractivity contribution in [3.05, 3.63) is 103 Å². The number of benzene rings is 4. The molecule has 0 aliphatic rings. The molecule has 7 heteroatoms. The van der Waals surface area contributed by atoms with Crippen LogP contribution in [0.25, 0.3) is 21.5 Å². The molecule has 0 saturated carbocycles. The summed E-state index contributed by atoms with van der Waals surface area (Å²) in [6.07, 6.45) is 1.10. The van der Waals surface area contributed by atoms with Crippen molar-refractivity contribution in [2.45, 2.75) is 0 Å². The van der Waals surface area contributed by atoms with Crippen LogP contribution in [0.1, 0.15) is 10.4 Å². The molecule has 0 bridgehead atoms. The molecule has 4 rings (SSSR count). The molecule has 0 atom stereocenters. The number of hydrogen-bond acceptors (Lipinski definition) is 7. The molecule has 35 heavy (non-hydrogen) atoms. The first kappa shape index (κ1) is 23.4. The minimum Gasteiger partial charge on any atom is -0.423 e. The summed E-state index contributed by atoms with van der Waals surface area (Å²) in [4.78, 5) is 35.8. The Hall–Kier alpha value is -4.75. The first-order valence-corrected chi connectivity index (χ1v) is 10.5. The van der Waals surface area contributed by atoms with Gasteiger partial charge < -0.3 is 19.3 Å². The molecule has 0 unspecified atom stereocenters. The van der Waals surface area contributed by atoms with E-state index in [0.717, 1.165) is 27.6 Å². The molecule has 0 heterocycles. The van der Waals surface area contributed by atoms with Crippen molar-refractivity contribution in [2.24, 2.45) is 0 Å². The SMILES string of the molecule is C=CC(=O)Oc1ccc2c(ccc3cc(C(=O)Oc4ccc(OC(=O)C(=C)CO)cc4)ccc32)c1. The van der Waals surface area contributed by atoms with Crippen LogP contribution in [0.5, 0.6) is 17.2 Å². The standard InChI is InChI=1S/C28H20O7/c1-3-26(30)33-23-11-13-25-19(15-23)5-4-18-14-20(6-12-24(18)25)28(32)35-22-9-7-21(8-10-22)34-27(31)17(2)16-29/h3-15,29H,1-2,16H2. The Morgan fingerprint density at radius 1 is 0.743 bits per heavy atom. The van der Waals surface area contributed by atoms with E-state index >= 15 is 0 Å². The van der Waals surface area contributed by atoms with Crippen molar-refractivity contribution in [1.82, 2.24) is 0 Å². The Morgan fingerprint density at radius 2 is 1.31 bits per heavy atom. The van der Waals surface area contributed by atoms with E-state index in [-0.39, 0.29) is 17.1 Å². The molecule has 0 saturated heterocycles. The molecule has 0 amide bonds. The number of fused-ring (bicyclic) bond motifs is 3. The molecule has 1 N–H and O–H groups in total. The smallest absolute Gasteiger partial charge is 0.343 e. The van der Waals surface area contributed by atoms with Crippen molar-refractivity contribution in [3.63, 3.8) is 0 Å². The summed E-state index contributed by atoms with van der Waals surface area (Å²) < 4.78 is 15.7. The number of ether oxygens (including phenoxy) is 3. The summed E-state index contributed by atoms with van der Waals surface area (Å²) in [5, 5.41) is 12.5. The zero-order chi connectivity index (χ0) is 24.9. The van der Waals surface area contributed by atoms with Crippen molar-refractivity contribution >= 4 is 39.5 Å². The molecule has 7 nitrogen and oxygen atoms in total. The molecule has 174 valence electrons. The number of esters is 3. The maximum absolute atomic E-state index is 12.7. The lowest BCUT2D eigenvalue weighted by molar-refractivity contribution is -0.131. The summed E-state index contributed by atoms with van der Waals surface area (Å²) in [6, 6.07) is 20.2. The van der Waals surface area contributed by atoms with Crippen LogP contribution in [0.15, 0.2) is 97.6 Å². The number of hydrogen-bond donors (Lipinski definition) is 1. The van der Waals surface area contributed by atoms with Crippen LogP contribution in [0.4, 0.5) is 0 Å². The highest BCUT2D eigenvalue weighted by Crippen LogP contribution is 2.29. The van der Waals surface area contributed by atoms with Gasteiger partial charge in [0, 0.05) is 6.08 Å². The molecule has 4 aromatic rings. The number of carbonyl (C=O) groups is 3. The lowest BCUT2D eigenvalue weighted by Crippen LogP contribution is -2.13. The van der Waals surface area contributed by atoms with E-state index in [1.165, 1.54) is 24.3 Å². The quantitative estimate of drug-likeness (QED) is 0.181. The molecule has 0 aliphatic carbocycles. The van der Waals surface area contributed by atoms with Gasteiger partial charge in [-0.1, -0.05) is 37.4 Å². The lowest BCUT2D eigenvalue weighted by Gasteiger charge is -2.09. The van der Waals surface area contributed by atoms with Crippen LogP contribution in [0.3, 0.4) is 0 Å². The Bertz CT molecular complexity index is 1480. The van der Waals surface area contributed by atoms with Crippen LogP contribution in [-0.4, -0.2) is 29.6 Å². The third-order valence-electron chi connectivity index (χ3n) is 5.15. The fourth-order valence-corrected chi connectivity index (χ4v) is 3.38. The zero-order valence-corrected chi connectivity index (χ0v) is 18.5. The molecule has 0 aromatic heterocycles. The Balaban J connectivity index is 1.51. The fourth-order valence-electron chi connectivity index (χ4n) is 3.38. The van der Waals surface area contributed by atoms with Gasteiger partial charge in [-0.3, -0.25) is 0 Å². The summed E-state index contributed by atoms with van der Waals surface area (Å²) in [6.45, 7) is 6.29. The summed E-state index contributed by atoms with van der Waals surface area (Å²) in [7, 11) is 0. The third kappa shape index (κ3) is 5.26. The highest BCUT2D eigenvalue weighted by Gasteiger charge is 2.13. The Kier molecular flexibility index (Phi) is 6.71. The average Bonchev–Trinajstić information content (AvgIpc) is 2.88. The maximum atomic E-state index is 12.7. The summed E-state index contributed by atoms with van der Waals surface area (Å²) in [5.41, 5.74) is 0.296. The van der Waals surface area contributed by atoms with E-state index in [1.807, 2.05) is 24.3 Å². The van der Waals surface area contributed by atoms with E-state index in [0.29, 0.717) is 11.3 Å². The first-order chi connectivity index (χ1) is 16.9. The largest absolute Gasteiger partial charge is 0.423 e. The normalized spacial score (nSPS) is 10.5. The Labute approximate surface area is 200 Å². The van der Waals surface area contributed by atoms with Gasteiger partial charge in [-0.15, -0.1) is 0 Å². The predicted octanol–water partition coefficient (Wildman–Crippen LogP) is 4.76. The van der Waals surface area contributed by atoms with Gasteiger partial charge in [-0.05, 0) is 70.1 Å². The summed E-state index contributed by atoms with van der Waals surface area (Å²) >= 11 is 0. The van der Waals surface area contributed by atoms with E-state index in [9.17, 15) is 14.4 Å². The second-order valence-corrected chi connectivity index (χ2v) is 7.52. The predicted molar refractivity (Wildman–Crippen MR) is 131 cm³/mol. The number of aliphatic hydroxyl groups is 1. The van der Waals surface area contributed by atoms with Crippen molar-refractivity contribution in [1.29, 1.82) is 0 Å². The van der Waals surface area contributed by atoms with E-state index < -0.39 is 24.5 Å². The van der Waals surface area contributed by atoms with Crippen LogP contribution < -0.4 is 14.2 Å². The molecule has 0 radical (unpaired) electrons. The van der Waals surface area contributed by atoms with Crippen molar-refractivity contribution in [2.75, 3.05) is 6.61 Å². The minimum absolute atomic E-state index is 0.0684. The number of carbonyl (C=O) groups excluding carboxylic acids is 3. The maximum Gasteiger partial charge on any atom is 0.343 e. The molecule has 4 aromatic carbocycles. The molecular weight excluding hydrogens is 448 g/mol. The summed E-state index contributed by atoms with van der Waals surface area (Å²) in [5.74, 6) is -0.898. The van der Waals surface area contributed by atoms with Crippen molar-refractivity contribution < 1.29 is 33.7 Å². The lowest BCUT2D eigenvalue weighted by atomic mass is 10.00. The minimum atomic E-state index is -0.741. The van der Waals surface area contributed by atoms with Gasteiger partial charge >= 0.3 is 17.9 Å². The second kappa shape index (κ2) is 10.0. The molecule has 0 fully saturated rings. The monoisotopic (exact) mass is 468 g/mol. The van der Waals surface area contributed by atoms with Gasteiger partial charge in [-0.25, -0.2) is 14.4 Å². The highest BCUT2D eigenvalue weighted by molar-refractivity contribution is 6.09. The molecular formula is C28H20O7. The van der Waals surface area contributed by atoms with E-state index in [1.54, 1.807) is 24.3 Å². The van der Waals surface area contributed by atoms with Gasteiger partial charge in [0.1, 0.15) is 17.2 Å². The van der Waals surface area contributed by atoms with Crippen LogP contribution in [0, 0.1) is 0 Å². The zero-order valence-electron chi connectivity index (χ0n) is 18.5. The van der Waals surface area contributed by atoms with Gasteiger partial charge in [0.2, 0.25) is 0 Å². The molecule has 0 aliphatic heterocycles. The number of rotatable bonds is 7. The topological polar surface area (TPSA) is 99.1 Å². The fraction of sp³-hybridized carbons (Fsp3) is 0.0357. The first-order valence-electron chi connectivity index (χ1n) is 10.5. The van der Waals surface area contributed by atoms with Crippen LogP contribution in [0.2, 0.25) is 0 Å². The highest BCUT2D eigenvalue weighted by atomic mass is 16.5. The van der Waals surface area contributed by atoms with E-state index in [2.05, 4.69) is 13.2 Å². The Morgan fingerprint density at radius 3 is 1.94 bits per heavy atom.